The van der Waals surface area contributed by atoms with E-state index in [1.54, 1.807) is 11.8 Å². The van der Waals surface area contributed by atoms with E-state index in [9.17, 15) is 9.59 Å². The van der Waals surface area contributed by atoms with Crippen LogP contribution in [0.2, 0.25) is 0 Å². The molecule has 112 valence electrons. The molecule has 20 heavy (non-hydrogen) atoms. The van der Waals surface area contributed by atoms with E-state index in [0.29, 0.717) is 18.4 Å². The van der Waals surface area contributed by atoms with Crippen molar-refractivity contribution in [2.45, 2.75) is 51.1 Å². The van der Waals surface area contributed by atoms with Crippen LogP contribution < -0.4 is 5.32 Å². The second-order valence-electron chi connectivity index (χ2n) is 6.24. The van der Waals surface area contributed by atoms with E-state index in [0.717, 1.165) is 25.8 Å². The number of hydrogen-bond donors (Lipinski definition) is 1. The van der Waals surface area contributed by atoms with Crippen LogP contribution in [0.5, 0.6) is 0 Å². The topological polar surface area (TPSA) is 58.6 Å². The minimum Gasteiger partial charge on any atom is -0.465 e. The predicted octanol–water partition coefficient (Wildman–Crippen LogP) is 0.929. The van der Waals surface area contributed by atoms with Crippen molar-refractivity contribution in [3.8, 4) is 0 Å². The summed E-state index contributed by atoms with van der Waals surface area (Å²) in [5.74, 6) is 0.974. The monoisotopic (exact) mass is 280 g/mol. The van der Waals surface area contributed by atoms with Crippen molar-refractivity contribution in [3.63, 3.8) is 0 Å². The minimum atomic E-state index is -0.284. The molecule has 1 saturated heterocycles. The number of amides is 1. The number of carbonyl (C=O) groups excluding carboxylic acids is 2. The van der Waals surface area contributed by atoms with E-state index in [4.69, 9.17) is 4.74 Å². The summed E-state index contributed by atoms with van der Waals surface area (Å²) in [4.78, 5) is 26.2. The van der Waals surface area contributed by atoms with Crippen molar-refractivity contribution in [1.82, 2.24) is 10.2 Å². The Morgan fingerprint density at radius 1 is 1.25 bits per heavy atom. The van der Waals surface area contributed by atoms with Gasteiger partial charge in [0.25, 0.3) is 0 Å². The zero-order valence-electron chi connectivity index (χ0n) is 12.1. The van der Waals surface area contributed by atoms with Crippen LogP contribution in [-0.4, -0.2) is 48.6 Å². The molecule has 3 unspecified atom stereocenters. The molecule has 0 aromatic heterocycles. The van der Waals surface area contributed by atoms with Gasteiger partial charge < -0.3 is 15.0 Å². The molecule has 5 nitrogen and oxygen atoms in total. The molecule has 1 heterocycles. The van der Waals surface area contributed by atoms with Gasteiger partial charge in [-0.1, -0.05) is 6.42 Å². The minimum absolute atomic E-state index is 0.0717. The first-order valence-corrected chi connectivity index (χ1v) is 7.90. The van der Waals surface area contributed by atoms with Crippen LogP contribution in [0.3, 0.4) is 0 Å². The molecule has 0 radical (unpaired) electrons. The number of nitrogens with one attached hydrogen (secondary N) is 1. The molecule has 3 fully saturated rings. The number of ether oxygens (including phenoxy) is 1. The van der Waals surface area contributed by atoms with Crippen molar-refractivity contribution >= 4 is 11.9 Å². The van der Waals surface area contributed by atoms with E-state index >= 15 is 0 Å². The van der Waals surface area contributed by atoms with Gasteiger partial charge in [0.1, 0.15) is 6.54 Å². The van der Waals surface area contributed by atoms with Crippen molar-refractivity contribution in [1.29, 1.82) is 0 Å². The van der Waals surface area contributed by atoms with E-state index < -0.39 is 0 Å². The molecule has 3 aliphatic rings. The smallest absolute Gasteiger partial charge is 0.325 e. The van der Waals surface area contributed by atoms with E-state index in [2.05, 4.69) is 5.32 Å². The molecule has 3 rings (SSSR count). The van der Waals surface area contributed by atoms with Gasteiger partial charge in [-0.25, -0.2) is 0 Å². The molecule has 1 aliphatic heterocycles. The fourth-order valence-electron chi connectivity index (χ4n) is 3.76. The third-order valence-electron chi connectivity index (χ3n) is 4.89. The molecule has 0 aromatic rings. The van der Waals surface area contributed by atoms with Gasteiger partial charge in [-0.05, 0) is 51.0 Å². The number of fused-ring (bicyclic) bond motifs is 1. The fourth-order valence-corrected chi connectivity index (χ4v) is 3.76. The molecule has 0 bridgehead atoms. The second-order valence-corrected chi connectivity index (χ2v) is 6.24. The number of rotatable bonds is 5. The highest BCUT2D eigenvalue weighted by atomic mass is 16.5. The molecular weight excluding hydrogens is 256 g/mol. The molecule has 1 N–H and O–H groups in total. The lowest BCUT2D eigenvalue weighted by Crippen LogP contribution is -2.49. The highest BCUT2D eigenvalue weighted by Gasteiger charge is 2.46. The zero-order chi connectivity index (χ0) is 14.1. The van der Waals surface area contributed by atoms with E-state index in [-0.39, 0.29) is 30.5 Å². The molecule has 2 saturated carbocycles. The molecule has 1 amide bonds. The first-order valence-electron chi connectivity index (χ1n) is 7.90. The number of hydrogen-bond acceptors (Lipinski definition) is 4. The van der Waals surface area contributed by atoms with Crippen LogP contribution in [0.4, 0.5) is 0 Å². The van der Waals surface area contributed by atoms with Crippen molar-refractivity contribution in [2.75, 3.05) is 19.7 Å². The number of esters is 1. The lowest BCUT2D eigenvalue weighted by molar-refractivity contribution is -0.150. The van der Waals surface area contributed by atoms with Gasteiger partial charge in [-0.3, -0.25) is 9.59 Å². The van der Waals surface area contributed by atoms with E-state index in [1.807, 2.05) is 0 Å². The summed E-state index contributed by atoms with van der Waals surface area (Å²) >= 11 is 0. The molecule has 0 aromatic carbocycles. The van der Waals surface area contributed by atoms with Crippen molar-refractivity contribution in [3.05, 3.63) is 0 Å². The van der Waals surface area contributed by atoms with Gasteiger partial charge >= 0.3 is 5.97 Å². The first kappa shape index (κ1) is 13.9. The fraction of sp³-hybridized carbons (Fsp3) is 0.867. The summed E-state index contributed by atoms with van der Waals surface area (Å²) < 4.78 is 5.00. The molecular formula is C15H24N2O3. The van der Waals surface area contributed by atoms with Crippen molar-refractivity contribution in [2.24, 2.45) is 11.8 Å². The van der Waals surface area contributed by atoms with Crippen LogP contribution in [0.15, 0.2) is 0 Å². The van der Waals surface area contributed by atoms with Gasteiger partial charge in [-0.15, -0.1) is 0 Å². The van der Waals surface area contributed by atoms with Crippen LogP contribution in [0.1, 0.15) is 39.0 Å². The van der Waals surface area contributed by atoms with Gasteiger partial charge in [0.15, 0.2) is 0 Å². The Morgan fingerprint density at radius 2 is 2.05 bits per heavy atom. The third kappa shape index (κ3) is 2.68. The van der Waals surface area contributed by atoms with Crippen LogP contribution in [0.25, 0.3) is 0 Å². The Labute approximate surface area is 120 Å². The third-order valence-corrected chi connectivity index (χ3v) is 4.89. The summed E-state index contributed by atoms with van der Waals surface area (Å²) in [7, 11) is 0. The van der Waals surface area contributed by atoms with E-state index in [1.165, 1.54) is 12.8 Å². The second kappa shape index (κ2) is 5.72. The average molecular weight is 280 g/mol. The maximum atomic E-state index is 12.8. The average Bonchev–Trinajstić information content (AvgIpc) is 3.01. The normalized spacial score (nSPS) is 31.9. The summed E-state index contributed by atoms with van der Waals surface area (Å²) in [5.41, 5.74) is 0. The molecule has 3 atom stereocenters. The summed E-state index contributed by atoms with van der Waals surface area (Å²) in [5, 5.41) is 3.38. The molecule has 2 aliphatic carbocycles. The summed E-state index contributed by atoms with van der Waals surface area (Å²) in [6.07, 6.45) is 5.66. The van der Waals surface area contributed by atoms with Gasteiger partial charge in [0.2, 0.25) is 5.91 Å². The lowest BCUT2D eigenvalue weighted by Gasteiger charge is -2.27. The van der Waals surface area contributed by atoms with Crippen LogP contribution >= 0.6 is 0 Å². The Morgan fingerprint density at radius 3 is 2.75 bits per heavy atom. The van der Waals surface area contributed by atoms with Crippen LogP contribution in [-0.2, 0) is 14.3 Å². The number of carbonyl (C=O) groups is 2. The van der Waals surface area contributed by atoms with Crippen LogP contribution in [0, 0.1) is 11.8 Å². The summed E-state index contributed by atoms with van der Waals surface area (Å²) in [6, 6.07) is 0.187. The maximum absolute atomic E-state index is 12.8. The Balaban J connectivity index is 1.65. The lowest BCUT2D eigenvalue weighted by atomic mass is 9.93. The van der Waals surface area contributed by atoms with Gasteiger partial charge in [-0.2, -0.15) is 0 Å². The largest absolute Gasteiger partial charge is 0.465 e. The zero-order valence-corrected chi connectivity index (χ0v) is 12.1. The Kier molecular flexibility index (Phi) is 3.96. The standard InChI is InChI=1S/C15H24N2O3/c1-2-20-13(18)9-17(11-6-7-11)15(19)14-12-5-3-4-10(12)8-16-14/h10-12,14,16H,2-9H2,1H3. The maximum Gasteiger partial charge on any atom is 0.325 e. The quantitative estimate of drug-likeness (QED) is 0.761. The predicted molar refractivity (Wildman–Crippen MR) is 74.0 cm³/mol. The Bertz CT molecular complexity index is 395. The number of nitrogens with zero attached hydrogens (tertiary/aromatic N) is 1. The first-order chi connectivity index (χ1) is 9.70. The molecule has 5 heteroatoms. The van der Waals surface area contributed by atoms with Gasteiger partial charge in [0, 0.05) is 6.04 Å². The highest BCUT2D eigenvalue weighted by molar-refractivity contribution is 5.87. The molecule has 0 spiro atoms. The van der Waals surface area contributed by atoms with Gasteiger partial charge in [0.05, 0.1) is 12.6 Å². The van der Waals surface area contributed by atoms with Crippen molar-refractivity contribution < 1.29 is 14.3 Å². The highest BCUT2D eigenvalue weighted by Crippen LogP contribution is 2.39. The Hall–Kier alpha value is -1.10. The summed E-state index contributed by atoms with van der Waals surface area (Å²) in [6.45, 7) is 3.24. The SMILES string of the molecule is CCOC(=O)CN(C(=O)C1NCC2CCCC21)C1CC1.